The van der Waals surface area contributed by atoms with E-state index in [4.69, 9.17) is 0 Å². The molecule has 0 saturated heterocycles. The van der Waals surface area contributed by atoms with E-state index in [9.17, 15) is 4.79 Å². The standard InChI is InChI=1S/C12H12BrIN2OS/c1-12(2,3)9-8(14)11(17)16-10(15-9)6-4-7(13)18-5-6/h4-5H,1-3H3,(H,15,16,17). The van der Waals surface area contributed by atoms with Gasteiger partial charge in [0.05, 0.1) is 9.48 Å². The van der Waals surface area contributed by atoms with E-state index in [1.165, 1.54) is 0 Å². The van der Waals surface area contributed by atoms with Crippen LogP contribution in [-0.4, -0.2) is 9.97 Å². The van der Waals surface area contributed by atoms with Crippen molar-refractivity contribution < 1.29 is 0 Å². The lowest BCUT2D eigenvalue weighted by Crippen LogP contribution is -2.24. The monoisotopic (exact) mass is 438 g/mol. The Bertz CT molecular complexity index is 642. The summed E-state index contributed by atoms with van der Waals surface area (Å²) < 4.78 is 1.69. The number of thiophene rings is 1. The molecule has 2 rings (SSSR count). The Hall–Kier alpha value is -0.210. The zero-order valence-corrected chi connectivity index (χ0v) is 14.7. The van der Waals surface area contributed by atoms with Crippen molar-refractivity contribution in [1.29, 1.82) is 0 Å². The number of nitrogens with zero attached hydrogens (tertiary/aromatic N) is 1. The normalized spacial score (nSPS) is 11.8. The van der Waals surface area contributed by atoms with Gasteiger partial charge >= 0.3 is 0 Å². The molecule has 0 aliphatic carbocycles. The van der Waals surface area contributed by atoms with Crippen molar-refractivity contribution in [3.8, 4) is 11.4 Å². The molecule has 0 amide bonds. The number of aromatic nitrogens is 2. The third-order valence-corrected chi connectivity index (χ3v) is 4.92. The minimum Gasteiger partial charge on any atom is -0.306 e. The maximum absolute atomic E-state index is 12.0. The Morgan fingerprint density at radius 1 is 1.44 bits per heavy atom. The average Bonchev–Trinajstić information content (AvgIpc) is 2.67. The van der Waals surface area contributed by atoms with Gasteiger partial charge in [0.25, 0.3) is 5.56 Å². The zero-order valence-electron chi connectivity index (χ0n) is 10.2. The predicted octanol–water partition coefficient (Wildman–Crippen LogP) is 4.16. The van der Waals surface area contributed by atoms with Crippen LogP contribution in [0.5, 0.6) is 0 Å². The molecule has 0 aliphatic heterocycles. The van der Waals surface area contributed by atoms with Crippen LogP contribution >= 0.6 is 49.9 Å². The molecule has 2 heterocycles. The first-order valence-electron chi connectivity index (χ1n) is 5.34. The minimum atomic E-state index is -0.146. The number of nitrogens with one attached hydrogen (secondary N) is 1. The third kappa shape index (κ3) is 2.85. The highest BCUT2D eigenvalue weighted by Crippen LogP contribution is 2.29. The summed E-state index contributed by atoms with van der Waals surface area (Å²) in [7, 11) is 0. The summed E-state index contributed by atoms with van der Waals surface area (Å²) in [5.74, 6) is 0.632. The molecule has 3 nitrogen and oxygen atoms in total. The van der Waals surface area contributed by atoms with E-state index in [1.807, 2.05) is 11.4 Å². The summed E-state index contributed by atoms with van der Waals surface area (Å²) in [6.45, 7) is 6.18. The van der Waals surface area contributed by atoms with Crippen LogP contribution in [0.3, 0.4) is 0 Å². The molecule has 18 heavy (non-hydrogen) atoms. The maximum atomic E-state index is 12.0. The molecule has 0 unspecified atom stereocenters. The van der Waals surface area contributed by atoms with Gasteiger partial charge in [-0.05, 0) is 44.6 Å². The largest absolute Gasteiger partial charge is 0.306 e. The molecule has 2 aromatic rings. The molecule has 96 valence electrons. The fourth-order valence-corrected chi connectivity index (χ4v) is 3.73. The molecule has 0 spiro atoms. The maximum Gasteiger partial charge on any atom is 0.264 e. The fourth-order valence-electron chi connectivity index (χ4n) is 1.53. The van der Waals surface area contributed by atoms with Gasteiger partial charge in [0.2, 0.25) is 0 Å². The number of H-pyrrole nitrogens is 1. The summed E-state index contributed by atoms with van der Waals surface area (Å²) in [4.78, 5) is 19.4. The van der Waals surface area contributed by atoms with Gasteiger partial charge in [-0.2, -0.15) is 0 Å². The molecule has 0 saturated carbocycles. The van der Waals surface area contributed by atoms with Crippen LogP contribution < -0.4 is 5.56 Å². The summed E-state index contributed by atoms with van der Waals surface area (Å²) in [5, 5.41) is 1.97. The van der Waals surface area contributed by atoms with Crippen molar-refractivity contribution in [3.05, 3.63) is 34.9 Å². The first-order valence-corrected chi connectivity index (χ1v) is 8.09. The van der Waals surface area contributed by atoms with Crippen molar-refractivity contribution in [2.24, 2.45) is 0 Å². The Balaban J connectivity index is 2.65. The van der Waals surface area contributed by atoms with Crippen molar-refractivity contribution in [2.75, 3.05) is 0 Å². The molecular weight excluding hydrogens is 427 g/mol. The molecule has 0 atom stereocenters. The molecule has 2 aromatic heterocycles. The lowest BCUT2D eigenvalue weighted by Gasteiger charge is -2.19. The third-order valence-electron chi connectivity index (χ3n) is 2.41. The number of hydrogen-bond donors (Lipinski definition) is 1. The smallest absolute Gasteiger partial charge is 0.264 e. The highest BCUT2D eigenvalue weighted by molar-refractivity contribution is 14.1. The second-order valence-corrected chi connectivity index (χ2v) is 8.34. The summed E-state index contributed by atoms with van der Waals surface area (Å²) in [6, 6.07) is 1.96. The van der Waals surface area contributed by atoms with Gasteiger partial charge in [-0.25, -0.2) is 4.98 Å². The number of hydrogen-bond acceptors (Lipinski definition) is 3. The lowest BCUT2D eigenvalue weighted by molar-refractivity contribution is 0.562. The average molecular weight is 439 g/mol. The summed E-state index contributed by atoms with van der Waals surface area (Å²) in [6.07, 6.45) is 0. The molecule has 0 bridgehead atoms. The summed E-state index contributed by atoms with van der Waals surface area (Å²) >= 11 is 7.05. The van der Waals surface area contributed by atoms with Gasteiger partial charge in [0.15, 0.2) is 0 Å². The number of rotatable bonds is 1. The van der Waals surface area contributed by atoms with E-state index in [0.29, 0.717) is 9.39 Å². The van der Waals surface area contributed by atoms with Crippen molar-refractivity contribution in [2.45, 2.75) is 26.2 Å². The van der Waals surface area contributed by atoms with E-state index >= 15 is 0 Å². The fraction of sp³-hybridized carbons (Fsp3) is 0.333. The first kappa shape index (κ1) is 14.2. The van der Waals surface area contributed by atoms with Gasteiger partial charge in [0, 0.05) is 16.4 Å². The highest BCUT2D eigenvalue weighted by Gasteiger charge is 2.22. The molecule has 0 aliphatic rings. The molecular formula is C12H12BrIN2OS. The van der Waals surface area contributed by atoms with Crippen molar-refractivity contribution in [1.82, 2.24) is 9.97 Å². The zero-order chi connectivity index (χ0) is 13.5. The van der Waals surface area contributed by atoms with E-state index in [1.54, 1.807) is 11.3 Å². The number of halogens is 2. The van der Waals surface area contributed by atoms with Gasteiger partial charge in [-0.15, -0.1) is 11.3 Å². The second kappa shape index (κ2) is 5.05. The van der Waals surface area contributed by atoms with E-state index < -0.39 is 0 Å². The van der Waals surface area contributed by atoms with E-state index in [-0.39, 0.29) is 11.0 Å². The van der Waals surface area contributed by atoms with Crippen molar-refractivity contribution >= 4 is 49.9 Å². The van der Waals surface area contributed by atoms with E-state index in [2.05, 4.69) is 69.3 Å². The Morgan fingerprint density at radius 2 is 2.11 bits per heavy atom. The Kier molecular flexibility index (Phi) is 3.99. The second-order valence-electron chi connectivity index (χ2n) is 4.97. The Morgan fingerprint density at radius 3 is 2.61 bits per heavy atom. The molecule has 1 N–H and O–H groups in total. The van der Waals surface area contributed by atoms with Crippen LogP contribution in [0.4, 0.5) is 0 Å². The highest BCUT2D eigenvalue weighted by atomic mass is 127. The van der Waals surface area contributed by atoms with Gasteiger partial charge in [-0.3, -0.25) is 4.79 Å². The summed E-state index contributed by atoms with van der Waals surface area (Å²) in [5.41, 5.74) is 1.55. The van der Waals surface area contributed by atoms with Gasteiger partial charge < -0.3 is 4.98 Å². The first-order chi connectivity index (χ1) is 8.29. The van der Waals surface area contributed by atoms with Crippen LogP contribution in [0, 0.1) is 3.57 Å². The van der Waals surface area contributed by atoms with Crippen LogP contribution in [0.2, 0.25) is 0 Å². The predicted molar refractivity (Wildman–Crippen MR) is 87.3 cm³/mol. The van der Waals surface area contributed by atoms with Gasteiger partial charge in [0.1, 0.15) is 9.39 Å². The Labute approximate surface area is 131 Å². The van der Waals surface area contributed by atoms with Crippen LogP contribution in [-0.2, 0) is 5.41 Å². The van der Waals surface area contributed by atoms with E-state index in [0.717, 1.165) is 15.0 Å². The SMILES string of the molecule is CC(C)(C)c1nc(-c2csc(Br)c2)[nH]c(=O)c1I. The van der Waals surface area contributed by atoms with Crippen LogP contribution in [0.15, 0.2) is 20.0 Å². The van der Waals surface area contributed by atoms with Crippen LogP contribution in [0.25, 0.3) is 11.4 Å². The molecule has 0 aromatic carbocycles. The number of aromatic amines is 1. The molecule has 6 heteroatoms. The van der Waals surface area contributed by atoms with Crippen LogP contribution in [0.1, 0.15) is 26.5 Å². The molecule has 0 fully saturated rings. The topological polar surface area (TPSA) is 45.8 Å². The van der Waals surface area contributed by atoms with Crippen molar-refractivity contribution in [3.63, 3.8) is 0 Å². The minimum absolute atomic E-state index is 0.0761. The molecule has 0 radical (unpaired) electrons. The lowest BCUT2D eigenvalue weighted by atomic mass is 9.92. The van der Waals surface area contributed by atoms with Gasteiger partial charge in [-0.1, -0.05) is 20.8 Å². The quantitative estimate of drug-likeness (QED) is 0.679.